The summed E-state index contributed by atoms with van der Waals surface area (Å²) in [6, 6.07) is 19.8. The van der Waals surface area contributed by atoms with Gasteiger partial charge in [-0.1, -0.05) is 48.6 Å². The van der Waals surface area contributed by atoms with Crippen molar-refractivity contribution < 1.29 is 0 Å². The molecule has 4 nitrogen and oxygen atoms in total. The van der Waals surface area contributed by atoms with Crippen molar-refractivity contribution in [1.29, 1.82) is 0 Å². The van der Waals surface area contributed by atoms with Crippen LogP contribution in [0.1, 0.15) is 0 Å². The lowest BCUT2D eigenvalue weighted by molar-refractivity contribution is 0.557. The van der Waals surface area contributed by atoms with Crippen LogP contribution in [0.15, 0.2) is 72.8 Å². The van der Waals surface area contributed by atoms with Gasteiger partial charge < -0.3 is 20.4 Å². The molecule has 0 aliphatic carbocycles. The van der Waals surface area contributed by atoms with Crippen molar-refractivity contribution in [3.05, 3.63) is 72.8 Å². The molecular weight excluding hydrogens is 360 g/mol. The summed E-state index contributed by atoms with van der Waals surface area (Å²) in [7, 11) is 3.93. The minimum absolute atomic E-state index is 0.690. The molecule has 0 unspecified atom stereocenters. The third-order valence-corrected chi connectivity index (χ3v) is 4.50. The van der Waals surface area contributed by atoms with Gasteiger partial charge in [0.25, 0.3) is 0 Å². The van der Waals surface area contributed by atoms with Crippen LogP contribution in [0.25, 0.3) is 0 Å². The van der Waals surface area contributed by atoms with E-state index in [1.54, 1.807) is 0 Å². The van der Waals surface area contributed by atoms with Crippen LogP contribution in [0.2, 0.25) is 0 Å². The molecule has 0 atom stereocenters. The Morgan fingerprint density at radius 3 is 1.42 bits per heavy atom. The van der Waals surface area contributed by atoms with E-state index >= 15 is 0 Å². The minimum Gasteiger partial charge on any atom is -0.348 e. The summed E-state index contributed by atoms with van der Waals surface area (Å²) >= 11 is 10.8. The fourth-order valence-corrected chi connectivity index (χ4v) is 2.50. The maximum Gasteiger partial charge on any atom is 0.173 e. The van der Waals surface area contributed by atoms with Crippen LogP contribution in [0.4, 0.5) is 11.4 Å². The number of hydrogen-bond donors (Lipinski definition) is 2. The molecule has 2 rings (SSSR count). The van der Waals surface area contributed by atoms with Gasteiger partial charge in [-0.05, 0) is 48.7 Å². The first-order valence-corrected chi connectivity index (χ1v) is 9.17. The number of para-hydroxylation sites is 2. The fraction of sp³-hybridized carbons (Fsp3) is 0.200. The van der Waals surface area contributed by atoms with Gasteiger partial charge >= 0.3 is 0 Å². The van der Waals surface area contributed by atoms with E-state index in [4.69, 9.17) is 24.4 Å². The normalized spacial score (nSPS) is 10.4. The average molecular weight is 385 g/mol. The topological polar surface area (TPSA) is 30.5 Å². The molecule has 2 aromatic carbocycles. The third-order valence-electron chi connectivity index (χ3n) is 3.67. The lowest BCUT2D eigenvalue weighted by atomic mass is 10.3. The van der Waals surface area contributed by atoms with Gasteiger partial charge in [0.15, 0.2) is 10.2 Å². The van der Waals surface area contributed by atoms with E-state index in [-0.39, 0.29) is 0 Å². The zero-order valence-electron chi connectivity index (χ0n) is 15.1. The molecule has 0 bridgehead atoms. The smallest absolute Gasteiger partial charge is 0.173 e. The van der Waals surface area contributed by atoms with Crippen molar-refractivity contribution in [2.75, 3.05) is 37.8 Å². The number of hydrogen-bond acceptors (Lipinski definition) is 2. The van der Waals surface area contributed by atoms with E-state index in [0.29, 0.717) is 10.2 Å². The molecule has 0 aliphatic rings. The monoisotopic (exact) mass is 384 g/mol. The SMILES string of the molecule is CN(C/C=C\CN(C)C(=S)Nc1ccccc1)C(=S)Nc1ccccc1. The molecule has 2 aromatic rings. The molecular formula is C20H24N4S2. The highest BCUT2D eigenvalue weighted by atomic mass is 32.1. The summed E-state index contributed by atoms with van der Waals surface area (Å²) in [6.07, 6.45) is 4.17. The number of rotatable bonds is 6. The molecule has 0 radical (unpaired) electrons. The van der Waals surface area contributed by atoms with Crippen molar-refractivity contribution in [2.24, 2.45) is 0 Å². The van der Waals surface area contributed by atoms with Gasteiger partial charge in [0.2, 0.25) is 0 Å². The summed E-state index contributed by atoms with van der Waals surface area (Å²) in [4.78, 5) is 3.97. The van der Waals surface area contributed by atoms with E-state index in [9.17, 15) is 0 Å². The fourth-order valence-electron chi connectivity index (χ4n) is 2.11. The van der Waals surface area contributed by atoms with Crippen LogP contribution >= 0.6 is 24.4 Å². The van der Waals surface area contributed by atoms with Crippen molar-refractivity contribution in [3.8, 4) is 0 Å². The molecule has 0 aromatic heterocycles. The summed E-state index contributed by atoms with van der Waals surface area (Å²) in [5.41, 5.74) is 1.98. The molecule has 2 N–H and O–H groups in total. The molecule has 26 heavy (non-hydrogen) atoms. The number of thiocarbonyl (C=S) groups is 2. The van der Waals surface area contributed by atoms with Crippen molar-refractivity contribution in [2.45, 2.75) is 0 Å². The zero-order valence-corrected chi connectivity index (χ0v) is 16.7. The highest BCUT2D eigenvalue weighted by Crippen LogP contribution is 2.07. The molecule has 136 valence electrons. The van der Waals surface area contributed by atoms with Gasteiger partial charge in [-0.15, -0.1) is 0 Å². The quantitative estimate of drug-likeness (QED) is 0.573. The summed E-state index contributed by atoms with van der Waals surface area (Å²) < 4.78 is 0. The Morgan fingerprint density at radius 1 is 0.731 bits per heavy atom. The summed E-state index contributed by atoms with van der Waals surface area (Å²) in [5.74, 6) is 0. The predicted octanol–water partition coefficient (Wildman–Crippen LogP) is 4.20. The van der Waals surface area contributed by atoms with Crippen LogP contribution in [-0.4, -0.2) is 47.2 Å². The van der Waals surface area contributed by atoms with Crippen LogP contribution in [-0.2, 0) is 0 Å². The number of benzene rings is 2. The van der Waals surface area contributed by atoms with Crippen molar-refractivity contribution >= 4 is 46.0 Å². The van der Waals surface area contributed by atoms with Crippen LogP contribution < -0.4 is 10.6 Å². The first-order valence-electron chi connectivity index (χ1n) is 8.35. The predicted molar refractivity (Wildman–Crippen MR) is 120 cm³/mol. The number of nitrogens with one attached hydrogen (secondary N) is 2. The summed E-state index contributed by atoms with van der Waals surface area (Å²) in [5, 5.41) is 7.82. The number of nitrogens with zero attached hydrogens (tertiary/aromatic N) is 2. The second-order valence-electron chi connectivity index (χ2n) is 5.82. The Morgan fingerprint density at radius 2 is 1.08 bits per heavy atom. The molecule has 0 amide bonds. The van der Waals surface area contributed by atoms with E-state index in [0.717, 1.165) is 24.5 Å². The van der Waals surface area contributed by atoms with E-state index < -0.39 is 0 Å². The van der Waals surface area contributed by atoms with E-state index in [2.05, 4.69) is 22.8 Å². The van der Waals surface area contributed by atoms with Gasteiger partial charge in [-0.2, -0.15) is 0 Å². The molecule has 0 fully saturated rings. The largest absolute Gasteiger partial charge is 0.348 e. The Labute approximate surface area is 166 Å². The first-order chi connectivity index (χ1) is 12.6. The second kappa shape index (κ2) is 10.5. The van der Waals surface area contributed by atoms with Gasteiger partial charge in [0, 0.05) is 38.6 Å². The lowest BCUT2D eigenvalue weighted by Gasteiger charge is -2.21. The Kier molecular flexibility index (Phi) is 8.05. The van der Waals surface area contributed by atoms with Crippen molar-refractivity contribution in [1.82, 2.24) is 9.80 Å². The van der Waals surface area contributed by atoms with E-state index in [1.165, 1.54) is 0 Å². The Balaban J connectivity index is 1.72. The van der Waals surface area contributed by atoms with E-state index in [1.807, 2.05) is 84.6 Å². The molecule has 0 saturated heterocycles. The lowest BCUT2D eigenvalue weighted by Crippen LogP contribution is -2.32. The molecule has 0 spiro atoms. The standard InChI is InChI=1S/C20H24N4S2/c1-23(19(25)21-17-11-5-3-6-12-17)15-9-10-16-24(2)20(26)22-18-13-7-4-8-14-18/h3-14H,15-16H2,1-2H3,(H,21,25)(H,22,26)/b10-9-. The minimum atomic E-state index is 0.690. The highest BCUT2D eigenvalue weighted by Gasteiger charge is 2.04. The highest BCUT2D eigenvalue weighted by molar-refractivity contribution is 7.80. The molecule has 0 saturated carbocycles. The van der Waals surface area contributed by atoms with Crippen LogP contribution in [0, 0.1) is 0 Å². The maximum atomic E-state index is 5.41. The molecule has 0 heterocycles. The molecule has 6 heteroatoms. The van der Waals surface area contributed by atoms with Gasteiger partial charge in [0.05, 0.1) is 0 Å². The third kappa shape index (κ3) is 6.82. The van der Waals surface area contributed by atoms with Gasteiger partial charge in [-0.3, -0.25) is 0 Å². The van der Waals surface area contributed by atoms with Crippen LogP contribution in [0.5, 0.6) is 0 Å². The Hall–Kier alpha value is -2.44. The van der Waals surface area contributed by atoms with Crippen molar-refractivity contribution in [3.63, 3.8) is 0 Å². The maximum absolute atomic E-state index is 5.41. The van der Waals surface area contributed by atoms with Crippen LogP contribution in [0.3, 0.4) is 0 Å². The average Bonchev–Trinajstić information content (AvgIpc) is 2.66. The first kappa shape index (κ1) is 19.9. The van der Waals surface area contributed by atoms with Gasteiger partial charge in [-0.25, -0.2) is 0 Å². The molecule has 0 aliphatic heterocycles. The van der Waals surface area contributed by atoms with Gasteiger partial charge in [0.1, 0.15) is 0 Å². The second-order valence-corrected chi connectivity index (χ2v) is 6.60. The summed E-state index contributed by atoms with van der Waals surface area (Å²) in [6.45, 7) is 1.46. The Bertz CT molecular complexity index is 668. The zero-order chi connectivity index (χ0) is 18.8. The number of likely N-dealkylation sites (N-methyl/N-ethyl adjacent to an activating group) is 2. The number of anilines is 2.